The van der Waals surface area contributed by atoms with Crippen LogP contribution in [0, 0.1) is 0 Å². The highest BCUT2D eigenvalue weighted by Gasteiger charge is 2.21. The molecule has 0 fully saturated rings. The zero-order valence-electron chi connectivity index (χ0n) is 11.1. The van der Waals surface area contributed by atoms with E-state index in [1.807, 2.05) is 0 Å². The van der Waals surface area contributed by atoms with Crippen LogP contribution in [0.4, 0.5) is 5.69 Å². The lowest BCUT2D eigenvalue weighted by Crippen LogP contribution is -2.30. The van der Waals surface area contributed by atoms with Crippen molar-refractivity contribution in [2.45, 2.75) is 18.7 Å². The van der Waals surface area contributed by atoms with E-state index >= 15 is 0 Å². The smallest absolute Gasteiger partial charge is 0.243 e. The van der Waals surface area contributed by atoms with E-state index < -0.39 is 20.0 Å². The van der Waals surface area contributed by atoms with Gasteiger partial charge in [-0.15, -0.1) is 0 Å². The van der Waals surface area contributed by atoms with Gasteiger partial charge < -0.3 is 0 Å². The molecule has 0 atom stereocenters. The largest absolute Gasteiger partial charge is 0.284 e. The molecule has 108 valence electrons. The van der Waals surface area contributed by atoms with Gasteiger partial charge in [-0.1, -0.05) is 13.8 Å². The molecule has 0 saturated heterocycles. The van der Waals surface area contributed by atoms with Crippen molar-refractivity contribution in [3.63, 3.8) is 0 Å². The third-order valence-electron chi connectivity index (χ3n) is 2.50. The number of sulfonamides is 2. The molecule has 6 nitrogen and oxygen atoms in total. The highest BCUT2D eigenvalue weighted by Crippen LogP contribution is 2.18. The molecule has 0 spiro atoms. The van der Waals surface area contributed by atoms with Crippen LogP contribution < -0.4 is 4.72 Å². The van der Waals surface area contributed by atoms with Crippen molar-refractivity contribution in [1.82, 2.24) is 4.31 Å². The molecule has 0 saturated carbocycles. The normalized spacial score (nSPS) is 12.6. The van der Waals surface area contributed by atoms with Gasteiger partial charge >= 0.3 is 0 Å². The second-order valence-electron chi connectivity index (χ2n) is 3.99. The first-order valence-corrected chi connectivity index (χ1v) is 9.12. The van der Waals surface area contributed by atoms with Crippen molar-refractivity contribution < 1.29 is 16.8 Å². The summed E-state index contributed by atoms with van der Waals surface area (Å²) in [6.45, 7) is 4.31. The first-order chi connectivity index (χ1) is 8.70. The quantitative estimate of drug-likeness (QED) is 0.852. The third kappa shape index (κ3) is 4.19. The molecule has 0 aliphatic carbocycles. The molecule has 1 N–H and O–H groups in total. The van der Waals surface area contributed by atoms with E-state index in [4.69, 9.17) is 0 Å². The summed E-state index contributed by atoms with van der Waals surface area (Å²) in [4.78, 5) is 0.148. The molecule has 0 heterocycles. The Balaban J connectivity index is 3.05. The van der Waals surface area contributed by atoms with E-state index in [9.17, 15) is 16.8 Å². The monoisotopic (exact) mass is 306 g/mol. The Bertz CT molecular complexity index is 617. The van der Waals surface area contributed by atoms with Crippen LogP contribution >= 0.6 is 0 Å². The zero-order chi connectivity index (χ0) is 14.7. The van der Waals surface area contributed by atoms with E-state index in [-0.39, 0.29) is 4.90 Å². The first kappa shape index (κ1) is 15.9. The lowest BCUT2D eigenvalue weighted by atomic mass is 10.3. The Kier molecular flexibility index (Phi) is 4.94. The number of hydrogen-bond donors (Lipinski definition) is 1. The summed E-state index contributed by atoms with van der Waals surface area (Å²) in [5.41, 5.74) is 0.334. The summed E-state index contributed by atoms with van der Waals surface area (Å²) in [5.74, 6) is 0. The van der Waals surface area contributed by atoms with Gasteiger partial charge in [0.25, 0.3) is 0 Å². The molecule has 0 unspecified atom stereocenters. The molecule has 0 amide bonds. The molecule has 19 heavy (non-hydrogen) atoms. The van der Waals surface area contributed by atoms with Crippen LogP contribution in [0.2, 0.25) is 0 Å². The maximum Gasteiger partial charge on any atom is 0.243 e. The average Bonchev–Trinajstić information content (AvgIpc) is 2.28. The Morgan fingerprint density at radius 1 is 1.00 bits per heavy atom. The average molecular weight is 306 g/mol. The molecule has 1 aromatic carbocycles. The molecule has 0 aromatic heterocycles. The molecular weight excluding hydrogens is 288 g/mol. The fraction of sp³-hybridized carbons (Fsp3) is 0.455. The maximum absolute atomic E-state index is 12.2. The SMILES string of the molecule is CCN(CC)S(=O)(=O)c1ccc(NS(C)(=O)=O)cc1. The van der Waals surface area contributed by atoms with Gasteiger partial charge in [-0.2, -0.15) is 4.31 Å². The van der Waals surface area contributed by atoms with E-state index in [1.54, 1.807) is 13.8 Å². The summed E-state index contributed by atoms with van der Waals surface area (Å²) in [6.07, 6.45) is 1.04. The Labute approximate surface area is 114 Å². The summed E-state index contributed by atoms with van der Waals surface area (Å²) < 4.78 is 50.1. The molecule has 0 aliphatic heterocycles. The molecular formula is C11H18N2O4S2. The molecule has 0 aliphatic rings. The second-order valence-corrected chi connectivity index (χ2v) is 7.67. The van der Waals surface area contributed by atoms with E-state index in [0.29, 0.717) is 18.8 Å². The first-order valence-electron chi connectivity index (χ1n) is 5.78. The molecule has 0 radical (unpaired) electrons. The number of benzene rings is 1. The fourth-order valence-corrected chi connectivity index (χ4v) is 3.64. The van der Waals surface area contributed by atoms with Crippen molar-refractivity contribution in [3.8, 4) is 0 Å². The van der Waals surface area contributed by atoms with Crippen LogP contribution in [0.5, 0.6) is 0 Å². The standard InChI is InChI=1S/C11H18N2O4S2/c1-4-13(5-2)19(16,17)11-8-6-10(7-9-11)12-18(3,14)15/h6-9,12H,4-5H2,1-3H3. The highest BCUT2D eigenvalue weighted by atomic mass is 32.2. The summed E-state index contributed by atoms with van der Waals surface area (Å²) in [7, 11) is -6.87. The van der Waals surface area contributed by atoms with Crippen LogP contribution in [0.3, 0.4) is 0 Å². The number of hydrogen-bond acceptors (Lipinski definition) is 4. The van der Waals surface area contributed by atoms with Gasteiger partial charge in [0.2, 0.25) is 20.0 Å². The lowest BCUT2D eigenvalue weighted by molar-refractivity contribution is 0.445. The minimum atomic E-state index is -3.51. The van der Waals surface area contributed by atoms with Gasteiger partial charge in [0.1, 0.15) is 0 Å². The molecule has 1 rings (SSSR count). The van der Waals surface area contributed by atoms with Gasteiger partial charge in [-0.05, 0) is 24.3 Å². The van der Waals surface area contributed by atoms with Gasteiger partial charge in [0.05, 0.1) is 11.2 Å². The van der Waals surface area contributed by atoms with Gasteiger partial charge in [0, 0.05) is 18.8 Å². The predicted molar refractivity (Wildman–Crippen MR) is 75.0 cm³/mol. The minimum absolute atomic E-state index is 0.148. The summed E-state index contributed by atoms with van der Waals surface area (Å²) >= 11 is 0. The van der Waals surface area contributed by atoms with E-state index in [0.717, 1.165) is 6.26 Å². The van der Waals surface area contributed by atoms with Gasteiger partial charge in [-0.3, -0.25) is 4.72 Å². The topological polar surface area (TPSA) is 83.6 Å². The highest BCUT2D eigenvalue weighted by molar-refractivity contribution is 7.92. The lowest BCUT2D eigenvalue weighted by Gasteiger charge is -2.18. The summed E-state index contributed by atoms with van der Waals surface area (Å²) in [6, 6.07) is 5.64. The molecule has 8 heteroatoms. The number of anilines is 1. The van der Waals surface area contributed by atoms with E-state index in [1.165, 1.54) is 28.6 Å². The number of nitrogens with zero attached hydrogens (tertiary/aromatic N) is 1. The minimum Gasteiger partial charge on any atom is -0.284 e. The second kappa shape index (κ2) is 5.89. The Morgan fingerprint density at radius 2 is 1.47 bits per heavy atom. The molecule has 0 bridgehead atoms. The number of nitrogens with one attached hydrogen (secondary N) is 1. The van der Waals surface area contributed by atoms with Crippen LogP contribution in [0.15, 0.2) is 29.2 Å². The Morgan fingerprint density at radius 3 is 1.84 bits per heavy atom. The van der Waals surface area contributed by atoms with Crippen molar-refractivity contribution in [3.05, 3.63) is 24.3 Å². The van der Waals surface area contributed by atoms with Crippen molar-refractivity contribution >= 4 is 25.7 Å². The third-order valence-corrected chi connectivity index (χ3v) is 5.17. The van der Waals surface area contributed by atoms with Gasteiger partial charge in [-0.25, -0.2) is 16.8 Å². The number of rotatable bonds is 6. The van der Waals surface area contributed by atoms with Crippen molar-refractivity contribution in [2.24, 2.45) is 0 Å². The van der Waals surface area contributed by atoms with E-state index in [2.05, 4.69) is 4.72 Å². The van der Waals surface area contributed by atoms with Gasteiger partial charge in [0.15, 0.2) is 0 Å². The predicted octanol–water partition coefficient (Wildman–Crippen LogP) is 1.09. The fourth-order valence-electron chi connectivity index (χ4n) is 1.62. The van der Waals surface area contributed by atoms with Crippen LogP contribution in [-0.4, -0.2) is 40.5 Å². The summed E-state index contributed by atoms with van der Waals surface area (Å²) in [5, 5.41) is 0. The van der Waals surface area contributed by atoms with Crippen LogP contribution in [0.25, 0.3) is 0 Å². The maximum atomic E-state index is 12.2. The zero-order valence-corrected chi connectivity index (χ0v) is 12.8. The van der Waals surface area contributed by atoms with Crippen molar-refractivity contribution in [1.29, 1.82) is 0 Å². The van der Waals surface area contributed by atoms with Crippen molar-refractivity contribution in [2.75, 3.05) is 24.1 Å². The van der Waals surface area contributed by atoms with Crippen LogP contribution in [-0.2, 0) is 20.0 Å². The Hall–Kier alpha value is -1.12. The molecule has 1 aromatic rings. The van der Waals surface area contributed by atoms with Crippen LogP contribution in [0.1, 0.15) is 13.8 Å².